The number of hydrogen-bond donors (Lipinski definition) is 2. The molecule has 2 fully saturated rings. The highest BCUT2D eigenvalue weighted by Crippen LogP contribution is 2.62. The van der Waals surface area contributed by atoms with Crippen LogP contribution in [0.15, 0.2) is 30.3 Å². The molecule has 0 radical (unpaired) electrons. The zero-order valence-corrected chi connectivity index (χ0v) is 13.7. The molecule has 1 saturated heterocycles. The molecule has 0 bridgehead atoms. The summed E-state index contributed by atoms with van der Waals surface area (Å²) >= 11 is 0. The third-order valence-electron chi connectivity index (χ3n) is 6.33. The third-order valence-corrected chi connectivity index (χ3v) is 6.33. The van der Waals surface area contributed by atoms with E-state index in [9.17, 15) is 10.2 Å². The lowest BCUT2D eigenvalue weighted by molar-refractivity contribution is -0.270. The standard InChI is InChI=1S/C19H28O3/c1-17(2)18(11-12-20)9-6-10-19(18,21)16(14-22-17)13-15-7-4-3-5-8-15/h3-5,7-8,16,20-21H,6,9-14H2,1-2H3/t16-,18-,19+/m0/s1. The minimum Gasteiger partial charge on any atom is -0.396 e. The number of fused-ring (bicyclic) bond motifs is 1. The van der Waals surface area contributed by atoms with Crippen molar-refractivity contribution in [1.82, 2.24) is 0 Å². The lowest BCUT2D eigenvalue weighted by atomic mass is 9.56. The third kappa shape index (κ3) is 2.22. The van der Waals surface area contributed by atoms with Gasteiger partial charge < -0.3 is 14.9 Å². The average molecular weight is 304 g/mol. The molecular weight excluding hydrogens is 276 g/mol. The second-order valence-electron chi connectivity index (χ2n) is 7.54. The highest BCUT2D eigenvalue weighted by molar-refractivity contribution is 5.21. The first-order valence-electron chi connectivity index (χ1n) is 8.46. The number of ether oxygens (including phenoxy) is 1. The summed E-state index contributed by atoms with van der Waals surface area (Å²) in [6.45, 7) is 4.86. The van der Waals surface area contributed by atoms with Crippen LogP contribution in [0.2, 0.25) is 0 Å². The Bertz CT molecular complexity index is 513. The van der Waals surface area contributed by atoms with Crippen LogP contribution in [0.1, 0.15) is 45.1 Å². The molecule has 3 nitrogen and oxygen atoms in total. The summed E-state index contributed by atoms with van der Waals surface area (Å²) in [5, 5.41) is 21.3. The number of rotatable bonds is 4. The van der Waals surface area contributed by atoms with Crippen LogP contribution in [0.5, 0.6) is 0 Å². The van der Waals surface area contributed by atoms with E-state index in [1.54, 1.807) is 0 Å². The summed E-state index contributed by atoms with van der Waals surface area (Å²) in [6, 6.07) is 10.3. The fourth-order valence-electron chi connectivity index (χ4n) is 5.08. The van der Waals surface area contributed by atoms with Crippen molar-refractivity contribution in [2.75, 3.05) is 13.2 Å². The first-order valence-corrected chi connectivity index (χ1v) is 8.46. The maximum atomic E-state index is 11.7. The second-order valence-corrected chi connectivity index (χ2v) is 7.54. The molecule has 3 heteroatoms. The molecule has 2 N–H and O–H groups in total. The molecule has 0 spiro atoms. The minimum atomic E-state index is -0.743. The number of aliphatic hydroxyl groups is 2. The molecular formula is C19H28O3. The van der Waals surface area contributed by atoms with Gasteiger partial charge in [-0.2, -0.15) is 0 Å². The molecule has 3 rings (SSSR count). The molecule has 1 saturated carbocycles. The van der Waals surface area contributed by atoms with E-state index < -0.39 is 11.2 Å². The lowest BCUT2D eigenvalue weighted by Gasteiger charge is -2.59. The number of benzene rings is 1. The Morgan fingerprint density at radius 1 is 1.18 bits per heavy atom. The second kappa shape index (κ2) is 5.63. The maximum Gasteiger partial charge on any atom is 0.0785 e. The molecule has 3 atom stereocenters. The van der Waals surface area contributed by atoms with Gasteiger partial charge in [0.05, 0.1) is 17.8 Å². The van der Waals surface area contributed by atoms with Crippen LogP contribution in [0.25, 0.3) is 0 Å². The Kier molecular flexibility index (Phi) is 4.09. The van der Waals surface area contributed by atoms with Gasteiger partial charge >= 0.3 is 0 Å². The molecule has 22 heavy (non-hydrogen) atoms. The van der Waals surface area contributed by atoms with Gasteiger partial charge in [0.2, 0.25) is 0 Å². The first kappa shape index (κ1) is 16.0. The van der Waals surface area contributed by atoms with Crippen LogP contribution in [-0.4, -0.2) is 34.6 Å². The smallest absolute Gasteiger partial charge is 0.0785 e. The first-order chi connectivity index (χ1) is 10.5. The van der Waals surface area contributed by atoms with Crippen molar-refractivity contribution >= 4 is 0 Å². The molecule has 1 heterocycles. The maximum absolute atomic E-state index is 11.7. The van der Waals surface area contributed by atoms with Crippen molar-refractivity contribution in [2.24, 2.45) is 11.3 Å². The summed E-state index contributed by atoms with van der Waals surface area (Å²) in [6.07, 6.45) is 4.20. The van der Waals surface area contributed by atoms with Crippen LogP contribution in [0, 0.1) is 11.3 Å². The fourth-order valence-corrected chi connectivity index (χ4v) is 5.08. The number of hydrogen-bond acceptors (Lipinski definition) is 3. The van der Waals surface area contributed by atoms with Crippen LogP contribution < -0.4 is 0 Å². The molecule has 0 unspecified atom stereocenters. The normalized spacial score (nSPS) is 37.0. The van der Waals surface area contributed by atoms with Gasteiger partial charge in [0.1, 0.15) is 0 Å². The van der Waals surface area contributed by atoms with Gasteiger partial charge in [0.15, 0.2) is 0 Å². The summed E-state index contributed by atoms with van der Waals surface area (Å²) < 4.78 is 6.21. The number of aliphatic hydroxyl groups excluding tert-OH is 1. The van der Waals surface area contributed by atoms with Crippen molar-refractivity contribution in [3.8, 4) is 0 Å². The SMILES string of the molecule is CC1(C)OC[C@H](Cc2ccccc2)[C@]2(O)CCC[C@]12CCO. The Morgan fingerprint density at radius 3 is 2.59 bits per heavy atom. The summed E-state index contributed by atoms with van der Waals surface area (Å²) in [5.41, 5.74) is -0.234. The Hall–Kier alpha value is -0.900. The fraction of sp³-hybridized carbons (Fsp3) is 0.684. The monoisotopic (exact) mass is 304 g/mol. The van der Waals surface area contributed by atoms with Gasteiger partial charge in [-0.3, -0.25) is 0 Å². The van der Waals surface area contributed by atoms with Gasteiger partial charge in [0, 0.05) is 17.9 Å². The summed E-state index contributed by atoms with van der Waals surface area (Å²) in [4.78, 5) is 0. The van der Waals surface area contributed by atoms with E-state index >= 15 is 0 Å². The van der Waals surface area contributed by atoms with Crippen molar-refractivity contribution in [2.45, 2.75) is 57.2 Å². The van der Waals surface area contributed by atoms with Crippen molar-refractivity contribution in [3.05, 3.63) is 35.9 Å². The van der Waals surface area contributed by atoms with Crippen molar-refractivity contribution < 1.29 is 14.9 Å². The van der Waals surface area contributed by atoms with Gasteiger partial charge in [-0.05, 0) is 51.5 Å². The Labute approximate surface area is 133 Å². The summed E-state index contributed by atoms with van der Waals surface area (Å²) in [5.74, 6) is 0.0944. The quantitative estimate of drug-likeness (QED) is 0.899. The van der Waals surface area contributed by atoms with E-state index in [2.05, 4.69) is 26.0 Å². The zero-order chi connectivity index (χ0) is 15.8. The Balaban J connectivity index is 1.94. The van der Waals surface area contributed by atoms with Crippen molar-refractivity contribution in [1.29, 1.82) is 0 Å². The van der Waals surface area contributed by atoms with Crippen LogP contribution in [-0.2, 0) is 11.2 Å². The highest BCUT2D eigenvalue weighted by atomic mass is 16.5. The molecule has 2 aliphatic rings. The molecule has 0 aromatic heterocycles. The zero-order valence-electron chi connectivity index (χ0n) is 13.7. The molecule has 1 aromatic rings. The molecule has 1 aliphatic carbocycles. The molecule has 0 amide bonds. The molecule has 122 valence electrons. The van der Waals surface area contributed by atoms with E-state index in [0.717, 1.165) is 25.7 Å². The lowest BCUT2D eigenvalue weighted by Crippen LogP contribution is -2.66. The Morgan fingerprint density at radius 2 is 1.91 bits per heavy atom. The topological polar surface area (TPSA) is 49.7 Å². The van der Waals surface area contributed by atoms with E-state index in [1.165, 1.54) is 5.56 Å². The predicted octanol–water partition coefficient (Wildman–Crippen LogP) is 2.94. The van der Waals surface area contributed by atoms with Crippen molar-refractivity contribution in [3.63, 3.8) is 0 Å². The van der Waals surface area contributed by atoms with E-state index in [4.69, 9.17) is 4.74 Å². The van der Waals surface area contributed by atoms with Gasteiger partial charge in [0.25, 0.3) is 0 Å². The highest BCUT2D eigenvalue weighted by Gasteiger charge is 2.66. The van der Waals surface area contributed by atoms with Gasteiger partial charge in [-0.1, -0.05) is 30.3 Å². The van der Waals surface area contributed by atoms with E-state index in [0.29, 0.717) is 13.0 Å². The van der Waals surface area contributed by atoms with Crippen LogP contribution >= 0.6 is 0 Å². The van der Waals surface area contributed by atoms with Crippen LogP contribution in [0.4, 0.5) is 0 Å². The average Bonchev–Trinajstić information content (AvgIpc) is 2.84. The van der Waals surface area contributed by atoms with E-state index in [-0.39, 0.29) is 17.9 Å². The predicted molar refractivity (Wildman–Crippen MR) is 86.6 cm³/mol. The molecule has 1 aliphatic heterocycles. The van der Waals surface area contributed by atoms with Gasteiger partial charge in [-0.15, -0.1) is 0 Å². The molecule has 1 aromatic carbocycles. The van der Waals surface area contributed by atoms with Crippen LogP contribution in [0.3, 0.4) is 0 Å². The largest absolute Gasteiger partial charge is 0.396 e. The van der Waals surface area contributed by atoms with Gasteiger partial charge in [-0.25, -0.2) is 0 Å². The summed E-state index contributed by atoms with van der Waals surface area (Å²) in [7, 11) is 0. The van der Waals surface area contributed by atoms with E-state index in [1.807, 2.05) is 18.2 Å². The minimum absolute atomic E-state index is 0.0944.